The highest BCUT2D eigenvalue weighted by atomic mass is 19.1. The summed E-state index contributed by atoms with van der Waals surface area (Å²) in [5, 5.41) is 3.20. The van der Waals surface area contributed by atoms with Crippen molar-refractivity contribution in [2.75, 3.05) is 14.2 Å². The molecule has 7 nitrogen and oxygen atoms in total. The number of amides is 1. The average molecular weight is 413 g/mol. The molecule has 0 aliphatic rings. The van der Waals surface area contributed by atoms with E-state index in [1.54, 1.807) is 24.3 Å². The maximum atomic E-state index is 13.3. The molecule has 8 heteroatoms. The molecule has 0 aliphatic carbocycles. The fourth-order valence-electron chi connectivity index (χ4n) is 3.14. The third-order valence-electron chi connectivity index (χ3n) is 4.54. The molecular weight excluding hydrogens is 393 g/mol. The third kappa shape index (κ3) is 5.02. The summed E-state index contributed by atoms with van der Waals surface area (Å²) in [6.07, 6.45) is -0.101. The predicted molar refractivity (Wildman–Crippen MR) is 107 cm³/mol. The number of carbonyl (C=O) groups is 2. The van der Waals surface area contributed by atoms with E-state index < -0.39 is 29.4 Å². The first-order valence-corrected chi connectivity index (χ1v) is 9.12. The van der Waals surface area contributed by atoms with Gasteiger partial charge in [0.1, 0.15) is 23.2 Å². The van der Waals surface area contributed by atoms with Crippen LogP contribution >= 0.6 is 0 Å². The lowest BCUT2D eigenvalue weighted by molar-refractivity contribution is -0.145. The molecule has 2 aromatic carbocycles. The summed E-state index contributed by atoms with van der Waals surface area (Å²) in [5.74, 6) is -1.10. The van der Waals surface area contributed by atoms with Gasteiger partial charge in [0.15, 0.2) is 0 Å². The van der Waals surface area contributed by atoms with Gasteiger partial charge in [0.2, 0.25) is 5.91 Å². The molecular formula is C22H20FNO6. The Balaban J connectivity index is 1.85. The maximum Gasteiger partial charge on any atom is 0.336 e. The van der Waals surface area contributed by atoms with Crippen LogP contribution in [0.2, 0.25) is 0 Å². The Morgan fingerprint density at radius 1 is 1.13 bits per heavy atom. The van der Waals surface area contributed by atoms with Gasteiger partial charge in [0.05, 0.1) is 20.6 Å². The van der Waals surface area contributed by atoms with Gasteiger partial charge < -0.3 is 19.2 Å². The van der Waals surface area contributed by atoms with Gasteiger partial charge in [-0.05, 0) is 35.4 Å². The highest BCUT2D eigenvalue weighted by Crippen LogP contribution is 2.23. The van der Waals surface area contributed by atoms with E-state index in [0.29, 0.717) is 27.8 Å². The van der Waals surface area contributed by atoms with Crippen molar-refractivity contribution in [3.8, 4) is 5.75 Å². The van der Waals surface area contributed by atoms with Gasteiger partial charge in [-0.15, -0.1) is 0 Å². The summed E-state index contributed by atoms with van der Waals surface area (Å²) in [6, 6.07) is 10.8. The number of carbonyl (C=O) groups excluding carboxylic acids is 2. The second-order valence-electron chi connectivity index (χ2n) is 6.61. The molecule has 0 spiro atoms. The van der Waals surface area contributed by atoms with E-state index in [4.69, 9.17) is 13.9 Å². The van der Waals surface area contributed by atoms with Crippen LogP contribution in [0.25, 0.3) is 11.0 Å². The van der Waals surface area contributed by atoms with Crippen LogP contribution in [-0.2, 0) is 27.2 Å². The number of fused-ring (bicyclic) bond motifs is 1. The highest BCUT2D eigenvalue weighted by Gasteiger charge is 2.24. The van der Waals surface area contributed by atoms with Crippen molar-refractivity contribution in [3.05, 3.63) is 75.9 Å². The summed E-state index contributed by atoms with van der Waals surface area (Å²) in [6.45, 7) is 0. The molecule has 0 unspecified atom stereocenters. The Kier molecular flexibility index (Phi) is 6.46. The minimum Gasteiger partial charge on any atom is -0.497 e. The zero-order chi connectivity index (χ0) is 21.7. The second kappa shape index (κ2) is 9.21. The van der Waals surface area contributed by atoms with Crippen LogP contribution in [0.5, 0.6) is 5.75 Å². The van der Waals surface area contributed by atoms with Crippen LogP contribution in [0, 0.1) is 5.82 Å². The number of rotatable bonds is 7. The molecule has 156 valence electrons. The summed E-state index contributed by atoms with van der Waals surface area (Å²) < 4.78 is 28.5. The topological polar surface area (TPSA) is 94.8 Å². The first-order valence-electron chi connectivity index (χ1n) is 9.12. The second-order valence-corrected chi connectivity index (χ2v) is 6.61. The SMILES string of the molecule is COC(=O)[C@H](Cc1cc(=O)oc2cc(OC)ccc12)NC(=O)Cc1cccc(F)c1. The summed E-state index contributed by atoms with van der Waals surface area (Å²) >= 11 is 0. The lowest BCUT2D eigenvalue weighted by Gasteiger charge is -2.17. The lowest BCUT2D eigenvalue weighted by Crippen LogP contribution is -2.43. The van der Waals surface area contributed by atoms with Crippen LogP contribution in [0.15, 0.2) is 57.7 Å². The Morgan fingerprint density at radius 3 is 2.63 bits per heavy atom. The highest BCUT2D eigenvalue weighted by molar-refractivity contribution is 5.87. The van der Waals surface area contributed by atoms with E-state index in [1.807, 2.05) is 0 Å². The van der Waals surface area contributed by atoms with E-state index in [-0.39, 0.29) is 12.8 Å². The van der Waals surface area contributed by atoms with Crippen molar-refractivity contribution in [1.82, 2.24) is 5.32 Å². The van der Waals surface area contributed by atoms with Gasteiger partial charge in [-0.2, -0.15) is 0 Å². The van der Waals surface area contributed by atoms with Crippen molar-refractivity contribution < 1.29 is 27.9 Å². The van der Waals surface area contributed by atoms with Crippen LogP contribution in [0.4, 0.5) is 4.39 Å². The van der Waals surface area contributed by atoms with Gasteiger partial charge in [0.25, 0.3) is 0 Å². The molecule has 3 rings (SSSR count). The smallest absolute Gasteiger partial charge is 0.336 e. The number of halogens is 1. The molecule has 1 aromatic heterocycles. The minimum atomic E-state index is -1.04. The lowest BCUT2D eigenvalue weighted by atomic mass is 10.0. The molecule has 1 N–H and O–H groups in total. The normalized spacial score (nSPS) is 11.7. The molecule has 1 atom stereocenters. The number of benzene rings is 2. The molecule has 0 radical (unpaired) electrons. The number of hydrogen-bond acceptors (Lipinski definition) is 6. The molecule has 0 saturated carbocycles. The number of hydrogen-bond donors (Lipinski definition) is 1. The molecule has 1 amide bonds. The van der Waals surface area contributed by atoms with Gasteiger partial charge in [0, 0.05) is 23.9 Å². The molecule has 1 heterocycles. The van der Waals surface area contributed by atoms with E-state index in [1.165, 1.54) is 38.5 Å². The summed E-state index contributed by atoms with van der Waals surface area (Å²) in [7, 11) is 2.70. The number of nitrogens with one attached hydrogen (secondary N) is 1. The Morgan fingerprint density at radius 2 is 1.93 bits per heavy atom. The minimum absolute atomic E-state index is 0.00991. The fraction of sp³-hybridized carbons (Fsp3) is 0.227. The third-order valence-corrected chi connectivity index (χ3v) is 4.54. The van der Waals surface area contributed by atoms with Gasteiger partial charge in [-0.1, -0.05) is 12.1 Å². The Bertz CT molecular complexity index is 1140. The Hall–Kier alpha value is -3.68. The largest absolute Gasteiger partial charge is 0.497 e. The molecule has 0 fully saturated rings. The zero-order valence-electron chi connectivity index (χ0n) is 16.4. The molecule has 3 aromatic rings. The maximum absolute atomic E-state index is 13.3. The standard InChI is InChI=1S/C22H20FNO6/c1-28-16-6-7-17-14(11-21(26)30-19(17)12-16)10-18(22(27)29-2)24-20(25)9-13-4-3-5-15(23)8-13/h3-8,11-12,18H,9-10H2,1-2H3,(H,24,25)/t18-/m0/s1. The molecule has 30 heavy (non-hydrogen) atoms. The van der Waals surface area contributed by atoms with E-state index >= 15 is 0 Å². The van der Waals surface area contributed by atoms with Crippen molar-refractivity contribution >= 4 is 22.8 Å². The van der Waals surface area contributed by atoms with Gasteiger partial charge >= 0.3 is 11.6 Å². The predicted octanol–water partition coefficient (Wildman–Crippen LogP) is 2.38. The van der Waals surface area contributed by atoms with Crippen LogP contribution in [0.1, 0.15) is 11.1 Å². The first-order chi connectivity index (χ1) is 14.4. The first kappa shape index (κ1) is 21.0. The van der Waals surface area contributed by atoms with Crippen LogP contribution in [-0.4, -0.2) is 32.1 Å². The van der Waals surface area contributed by atoms with E-state index in [9.17, 15) is 18.8 Å². The average Bonchev–Trinajstić information content (AvgIpc) is 2.71. The summed E-state index contributed by atoms with van der Waals surface area (Å²) in [5.41, 5.74) is 0.673. The van der Waals surface area contributed by atoms with Gasteiger partial charge in [-0.25, -0.2) is 14.0 Å². The van der Waals surface area contributed by atoms with Crippen LogP contribution in [0.3, 0.4) is 0 Å². The number of methoxy groups -OCH3 is 2. The van der Waals surface area contributed by atoms with Crippen molar-refractivity contribution in [2.45, 2.75) is 18.9 Å². The van der Waals surface area contributed by atoms with Crippen molar-refractivity contribution in [3.63, 3.8) is 0 Å². The van der Waals surface area contributed by atoms with Crippen molar-refractivity contribution in [2.24, 2.45) is 0 Å². The molecule has 0 aliphatic heterocycles. The number of ether oxygens (including phenoxy) is 2. The molecule has 0 saturated heterocycles. The van der Waals surface area contributed by atoms with E-state index in [2.05, 4.69) is 5.32 Å². The van der Waals surface area contributed by atoms with Gasteiger partial charge in [-0.3, -0.25) is 4.79 Å². The van der Waals surface area contributed by atoms with Crippen LogP contribution < -0.4 is 15.7 Å². The fourth-order valence-corrected chi connectivity index (χ4v) is 3.14. The van der Waals surface area contributed by atoms with E-state index in [0.717, 1.165) is 0 Å². The summed E-state index contributed by atoms with van der Waals surface area (Å²) in [4.78, 5) is 36.7. The molecule has 0 bridgehead atoms. The Labute approximate surface area is 171 Å². The monoisotopic (exact) mass is 413 g/mol. The number of esters is 1. The zero-order valence-corrected chi connectivity index (χ0v) is 16.4. The quantitative estimate of drug-likeness (QED) is 0.472. The van der Waals surface area contributed by atoms with Crippen molar-refractivity contribution in [1.29, 1.82) is 0 Å².